The Balaban J connectivity index is 1.53. The Morgan fingerprint density at radius 2 is 2.03 bits per heavy atom. The second-order valence-corrected chi connectivity index (χ2v) is 7.55. The highest BCUT2D eigenvalue weighted by atomic mass is 16.5. The third-order valence-electron chi connectivity index (χ3n) is 4.83. The number of aryl methyl sites for hydroxylation is 2. The van der Waals surface area contributed by atoms with Gasteiger partial charge in [-0.25, -0.2) is 9.98 Å². The highest BCUT2D eigenvalue weighted by Crippen LogP contribution is 2.13. The molecule has 160 valence electrons. The Kier molecular flexibility index (Phi) is 8.06. The van der Waals surface area contributed by atoms with Crippen molar-refractivity contribution in [3.05, 3.63) is 71.6 Å². The van der Waals surface area contributed by atoms with Crippen LogP contribution >= 0.6 is 0 Å². The normalized spacial score (nSPS) is 11.8. The molecule has 2 aromatic heterocycles. The minimum atomic E-state index is 0.352. The Morgan fingerprint density at radius 1 is 1.20 bits per heavy atom. The molecule has 2 N–H and O–H groups in total. The maximum absolute atomic E-state index is 5.39. The van der Waals surface area contributed by atoms with Crippen molar-refractivity contribution in [1.82, 2.24) is 25.3 Å². The number of hydrogen-bond acceptors (Lipinski definition) is 4. The summed E-state index contributed by atoms with van der Waals surface area (Å²) in [5.41, 5.74) is 2.33. The summed E-state index contributed by atoms with van der Waals surface area (Å²) >= 11 is 0. The lowest BCUT2D eigenvalue weighted by molar-refractivity contribution is 0.372. The summed E-state index contributed by atoms with van der Waals surface area (Å²) in [5, 5.41) is 10.7. The molecule has 0 unspecified atom stereocenters. The number of nitrogens with zero attached hydrogens (tertiary/aromatic N) is 4. The predicted molar refractivity (Wildman–Crippen MR) is 119 cm³/mol. The van der Waals surface area contributed by atoms with Crippen LogP contribution in [0.1, 0.15) is 56.0 Å². The van der Waals surface area contributed by atoms with E-state index in [0.29, 0.717) is 19.0 Å². The van der Waals surface area contributed by atoms with Crippen LogP contribution in [-0.4, -0.2) is 27.2 Å². The molecule has 3 rings (SSSR count). The number of aliphatic imine (C=N–C) groups is 1. The first kappa shape index (κ1) is 21.6. The fourth-order valence-electron chi connectivity index (χ4n) is 3.14. The minimum absolute atomic E-state index is 0.352. The molecule has 0 radical (unpaired) electrons. The lowest BCUT2D eigenvalue weighted by Crippen LogP contribution is -2.36. The zero-order valence-electron chi connectivity index (χ0n) is 18.1. The van der Waals surface area contributed by atoms with Gasteiger partial charge in [0, 0.05) is 31.5 Å². The SMILES string of the molecule is CCNC(=NCc1nccn1CCCc1ccccc1)NCc1cc(C(C)C)no1. The average molecular weight is 409 g/mol. The monoisotopic (exact) mass is 408 g/mol. The summed E-state index contributed by atoms with van der Waals surface area (Å²) in [7, 11) is 0. The summed E-state index contributed by atoms with van der Waals surface area (Å²) < 4.78 is 7.57. The molecule has 0 saturated heterocycles. The molecule has 0 bridgehead atoms. The van der Waals surface area contributed by atoms with Crippen LogP contribution in [0.25, 0.3) is 0 Å². The molecule has 0 aliphatic carbocycles. The smallest absolute Gasteiger partial charge is 0.192 e. The van der Waals surface area contributed by atoms with Gasteiger partial charge < -0.3 is 19.7 Å². The van der Waals surface area contributed by atoms with E-state index < -0.39 is 0 Å². The lowest BCUT2D eigenvalue weighted by Gasteiger charge is -2.11. The van der Waals surface area contributed by atoms with Crippen LogP contribution < -0.4 is 10.6 Å². The summed E-state index contributed by atoms with van der Waals surface area (Å²) in [6.07, 6.45) is 5.99. The topological polar surface area (TPSA) is 80.3 Å². The highest BCUT2D eigenvalue weighted by molar-refractivity contribution is 5.79. The molecule has 7 heteroatoms. The number of aromatic nitrogens is 3. The van der Waals surface area contributed by atoms with E-state index in [1.807, 2.05) is 25.4 Å². The molecular weight excluding hydrogens is 376 g/mol. The van der Waals surface area contributed by atoms with E-state index in [-0.39, 0.29) is 0 Å². The van der Waals surface area contributed by atoms with Crippen molar-refractivity contribution < 1.29 is 4.52 Å². The molecule has 0 spiro atoms. The minimum Gasteiger partial charge on any atom is -0.359 e. The Hall–Kier alpha value is -3.09. The fraction of sp³-hybridized carbons (Fsp3) is 0.435. The van der Waals surface area contributed by atoms with Crippen LogP contribution in [0.4, 0.5) is 0 Å². The van der Waals surface area contributed by atoms with Crippen molar-refractivity contribution in [2.45, 2.75) is 59.2 Å². The fourth-order valence-corrected chi connectivity index (χ4v) is 3.14. The highest BCUT2D eigenvalue weighted by Gasteiger charge is 2.09. The average Bonchev–Trinajstić information content (AvgIpc) is 3.40. The first-order valence-electron chi connectivity index (χ1n) is 10.7. The number of guanidine groups is 1. The van der Waals surface area contributed by atoms with Gasteiger partial charge in [-0.05, 0) is 31.2 Å². The molecule has 0 saturated carbocycles. The molecule has 0 fully saturated rings. The maximum Gasteiger partial charge on any atom is 0.192 e. The quantitative estimate of drug-likeness (QED) is 0.393. The van der Waals surface area contributed by atoms with Crippen LogP contribution in [0.2, 0.25) is 0 Å². The third-order valence-corrected chi connectivity index (χ3v) is 4.83. The van der Waals surface area contributed by atoms with Crippen LogP contribution in [0.5, 0.6) is 0 Å². The van der Waals surface area contributed by atoms with Crippen molar-refractivity contribution in [2.75, 3.05) is 6.54 Å². The van der Waals surface area contributed by atoms with Gasteiger partial charge in [0.15, 0.2) is 11.7 Å². The van der Waals surface area contributed by atoms with Crippen LogP contribution in [0.3, 0.4) is 0 Å². The standard InChI is InChI=1S/C23H32N6O/c1-4-24-23(26-16-20-15-21(18(2)3)28-30-20)27-17-22-25-12-14-29(22)13-8-11-19-9-6-5-7-10-19/h5-7,9-10,12,14-15,18H,4,8,11,13,16-17H2,1-3H3,(H2,24,26,27). The number of imidazole rings is 1. The second kappa shape index (κ2) is 11.2. The van der Waals surface area contributed by atoms with Gasteiger partial charge >= 0.3 is 0 Å². The largest absolute Gasteiger partial charge is 0.359 e. The van der Waals surface area contributed by atoms with E-state index in [1.54, 1.807) is 0 Å². The Morgan fingerprint density at radius 3 is 2.77 bits per heavy atom. The summed E-state index contributed by atoms with van der Waals surface area (Å²) in [4.78, 5) is 9.18. The van der Waals surface area contributed by atoms with Crippen molar-refractivity contribution in [3.8, 4) is 0 Å². The molecule has 0 aliphatic heterocycles. The van der Waals surface area contributed by atoms with E-state index in [2.05, 4.69) is 74.5 Å². The Labute approximate surface area is 178 Å². The Bertz CT molecular complexity index is 913. The van der Waals surface area contributed by atoms with Crippen molar-refractivity contribution in [1.29, 1.82) is 0 Å². The summed E-state index contributed by atoms with van der Waals surface area (Å²) in [6.45, 7) is 9.02. The van der Waals surface area contributed by atoms with Gasteiger partial charge in [0.1, 0.15) is 12.4 Å². The van der Waals surface area contributed by atoms with Gasteiger partial charge in [0.25, 0.3) is 0 Å². The zero-order chi connectivity index (χ0) is 21.2. The van der Waals surface area contributed by atoms with Gasteiger partial charge in [-0.1, -0.05) is 49.3 Å². The molecule has 0 atom stereocenters. The van der Waals surface area contributed by atoms with E-state index in [1.165, 1.54) is 5.56 Å². The first-order chi connectivity index (χ1) is 14.7. The summed E-state index contributed by atoms with van der Waals surface area (Å²) in [5.74, 6) is 2.85. The number of benzene rings is 1. The van der Waals surface area contributed by atoms with Crippen LogP contribution in [0.15, 0.2) is 58.3 Å². The molecule has 3 aromatic rings. The number of nitrogens with one attached hydrogen (secondary N) is 2. The summed E-state index contributed by atoms with van der Waals surface area (Å²) in [6, 6.07) is 12.6. The van der Waals surface area contributed by atoms with Gasteiger partial charge in [-0.15, -0.1) is 0 Å². The third kappa shape index (κ3) is 6.47. The molecule has 7 nitrogen and oxygen atoms in total. The molecule has 30 heavy (non-hydrogen) atoms. The van der Waals surface area contributed by atoms with E-state index in [0.717, 1.165) is 49.2 Å². The zero-order valence-corrected chi connectivity index (χ0v) is 18.1. The molecule has 2 heterocycles. The number of rotatable bonds is 10. The first-order valence-corrected chi connectivity index (χ1v) is 10.7. The lowest BCUT2D eigenvalue weighted by atomic mass is 10.1. The van der Waals surface area contributed by atoms with E-state index in [4.69, 9.17) is 4.52 Å². The predicted octanol–water partition coefficient (Wildman–Crippen LogP) is 3.88. The van der Waals surface area contributed by atoms with Crippen molar-refractivity contribution in [2.24, 2.45) is 4.99 Å². The van der Waals surface area contributed by atoms with Gasteiger partial charge in [-0.3, -0.25) is 0 Å². The molecular formula is C23H32N6O. The van der Waals surface area contributed by atoms with Gasteiger partial charge in [0.05, 0.1) is 12.2 Å². The van der Waals surface area contributed by atoms with Crippen molar-refractivity contribution in [3.63, 3.8) is 0 Å². The maximum atomic E-state index is 5.39. The molecule has 0 aliphatic rings. The van der Waals surface area contributed by atoms with Crippen LogP contribution in [-0.2, 0) is 26.1 Å². The molecule has 0 amide bonds. The second-order valence-electron chi connectivity index (χ2n) is 7.55. The number of hydrogen-bond donors (Lipinski definition) is 2. The van der Waals surface area contributed by atoms with Crippen molar-refractivity contribution >= 4 is 5.96 Å². The van der Waals surface area contributed by atoms with Gasteiger partial charge in [0.2, 0.25) is 0 Å². The van der Waals surface area contributed by atoms with E-state index >= 15 is 0 Å². The van der Waals surface area contributed by atoms with Gasteiger partial charge in [-0.2, -0.15) is 0 Å². The molecule has 1 aromatic carbocycles. The van der Waals surface area contributed by atoms with E-state index in [9.17, 15) is 0 Å². The van der Waals surface area contributed by atoms with Crippen LogP contribution in [0, 0.1) is 0 Å².